The normalized spacial score (nSPS) is 11.8. The molecule has 0 aliphatic carbocycles. The van der Waals surface area contributed by atoms with Gasteiger partial charge in [0.1, 0.15) is 12.0 Å². The Bertz CT molecular complexity index is 1760. The van der Waals surface area contributed by atoms with Gasteiger partial charge < -0.3 is 4.57 Å². The van der Waals surface area contributed by atoms with Gasteiger partial charge in [-0.3, -0.25) is 4.57 Å². The fourth-order valence-electron chi connectivity index (χ4n) is 4.86. The van der Waals surface area contributed by atoms with Gasteiger partial charge in [0.05, 0.1) is 40.0 Å². The summed E-state index contributed by atoms with van der Waals surface area (Å²) >= 11 is 0. The van der Waals surface area contributed by atoms with E-state index in [0.29, 0.717) is 0 Å². The van der Waals surface area contributed by atoms with Gasteiger partial charge in [0.15, 0.2) is 0 Å². The molecule has 4 heterocycles. The Balaban J connectivity index is 1.77. The third-order valence-corrected chi connectivity index (χ3v) is 6.14. The number of para-hydroxylation sites is 3. The van der Waals surface area contributed by atoms with Gasteiger partial charge in [0, 0.05) is 28.0 Å². The fourth-order valence-corrected chi connectivity index (χ4v) is 4.86. The zero-order valence-electron chi connectivity index (χ0n) is 17.1. The number of rotatable bonds is 2. The highest BCUT2D eigenvalue weighted by atomic mass is 15.1. The Kier molecular flexibility index (Phi) is 3.49. The summed E-state index contributed by atoms with van der Waals surface area (Å²) in [6, 6.07) is 27.4. The van der Waals surface area contributed by atoms with Crippen molar-refractivity contribution in [3.63, 3.8) is 0 Å². The first-order valence-corrected chi connectivity index (χ1v) is 10.5. The smallest absolute Gasteiger partial charge is 0.147 e. The molecule has 0 N–H and O–H groups in total. The zero-order valence-corrected chi connectivity index (χ0v) is 17.1. The Morgan fingerprint density at radius 1 is 0.531 bits per heavy atom. The van der Waals surface area contributed by atoms with Crippen LogP contribution in [0.2, 0.25) is 0 Å². The first kappa shape index (κ1) is 17.2. The molecule has 0 amide bonds. The van der Waals surface area contributed by atoms with Gasteiger partial charge in [-0.05, 0) is 24.3 Å². The number of hydrogen-bond acceptors (Lipinski definition) is 3. The van der Waals surface area contributed by atoms with Crippen LogP contribution in [0.15, 0.2) is 104 Å². The summed E-state index contributed by atoms with van der Waals surface area (Å²) in [5.74, 6) is 0. The Hall–Kier alpha value is -4.51. The summed E-state index contributed by atoms with van der Waals surface area (Å²) in [5.41, 5.74) is 6.33. The second-order valence-corrected chi connectivity index (χ2v) is 7.86. The molecule has 0 saturated carbocycles. The van der Waals surface area contributed by atoms with Crippen LogP contribution in [0.5, 0.6) is 0 Å². The van der Waals surface area contributed by atoms with Crippen molar-refractivity contribution < 1.29 is 0 Å². The fraction of sp³-hybridized carbons (Fsp3) is 0. The molecule has 3 aromatic carbocycles. The van der Waals surface area contributed by atoms with Crippen LogP contribution in [-0.4, -0.2) is 24.1 Å². The standard InChI is InChI=1S/C27H17N5/c1-2-8-18(9-3-1)32-24-13-7-5-11-21(24)25-26-22(16-30-27(25)32)20-10-4-6-12-23(20)31(26)19-14-28-17-29-15-19/h1-17H. The van der Waals surface area contributed by atoms with Gasteiger partial charge in [-0.1, -0.05) is 54.6 Å². The van der Waals surface area contributed by atoms with Crippen LogP contribution in [0.1, 0.15) is 0 Å². The zero-order chi connectivity index (χ0) is 21.1. The second-order valence-electron chi connectivity index (χ2n) is 7.86. The molecule has 150 valence electrons. The number of fused-ring (bicyclic) bond motifs is 7. The summed E-state index contributed by atoms with van der Waals surface area (Å²) in [6.45, 7) is 0. The van der Waals surface area contributed by atoms with Gasteiger partial charge >= 0.3 is 0 Å². The van der Waals surface area contributed by atoms with Crippen LogP contribution in [0.3, 0.4) is 0 Å². The quantitative estimate of drug-likeness (QED) is 0.347. The maximum Gasteiger partial charge on any atom is 0.147 e. The highest BCUT2D eigenvalue weighted by Crippen LogP contribution is 2.40. The topological polar surface area (TPSA) is 48.5 Å². The molecule has 5 heteroatoms. The van der Waals surface area contributed by atoms with Gasteiger partial charge in [0.2, 0.25) is 0 Å². The predicted octanol–water partition coefficient (Wildman–Crippen LogP) is 6.07. The van der Waals surface area contributed by atoms with Crippen LogP contribution >= 0.6 is 0 Å². The number of benzene rings is 3. The minimum absolute atomic E-state index is 0.933. The molecule has 0 aliphatic heterocycles. The first-order valence-electron chi connectivity index (χ1n) is 10.5. The van der Waals surface area contributed by atoms with Crippen LogP contribution in [0, 0.1) is 0 Å². The van der Waals surface area contributed by atoms with E-state index in [2.05, 4.69) is 91.9 Å². The lowest BCUT2D eigenvalue weighted by molar-refractivity contribution is 1.08. The Morgan fingerprint density at radius 2 is 1.19 bits per heavy atom. The summed E-state index contributed by atoms with van der Waals surface area (Å²) in [7, 11) is 0. The minimum atomic E-state index is 0.933. The van der Waals surface area contributed by atoms with Crippen molar-refractivity contribution in [3.8, 4) is 11.4 Å². The largest absolute Gasteiger partial charge is 0.305 e. The summed E-state index contributed by atoms with van der Waals surface area (Å²) in [6.07, 6.45) is 7.29. The van der Waals surface area contributed by atoms with E-state index in [9.17, 15) is 0 Å². The van der Waals surface area contributed by atoms with E-state index in [-0.39, 0.29) is 0 Å². The van der Waals surface area contributed by atoms with E-state index in [1.807, 2.05) is 24.7 Å². The lowest BCUT2D eigenvalue weighted by atomic mass is 10.1. The molecule has 0 spiro atoms. The molecule has 0 saturated heterocycles. The monoisotopic (exact) mass is 411 g/mol. The second kappa shape index (κ2) is 6.49. The molecule has 0 fully saturated rings. The maximum atomic E-state index is 5.00. The van der Waals surface area contributed by atoms with Crippen molar-refractivity contribution in [3.05, 3.63) is 104 Å². The summed E-state index contributed by atoms with van der Waals surface area (Å²) < 4.78 is 4.50. The van der Waals surface area contributed by atoms with Gasteiger partial charge in [0.25, 0.3) is 0 Å². The molecular weight excluding hydrogens is 394 g/mol. The van der Waals surface area contributed by atoms with E-state index >= 15 is 0 Å². The van der Waals surface area contributed by atoms with Crippen molar-refractivity contribution in [2.24, 2.45) is 0 Å². The third-order valence-electron chi connectivity index (χ3n) is 6.14. The van der Waals surface area contributed by atoms with Gasteiger partial charge in [-0.25, -0.2) is 15.0 Å². The van der Waals surface area contributed by atoms with Crippen molar-refractivity contribution in [1.29, 1.82) is 0 Å². The lowest BCUT2D eigenvalue weighted by Gasteiger charge is -2.08. The van der Waals surface area contributed by atoms with Crippen LogP contribution in [-0.2, 0) is 0 Å². The molecule has 0 bridgehead atoms. The van der Waals surface area contributed by atoms with E-state index < -0.39 is 0 Å². The summed E-state index contributed by atoms with van der Waals surface area (Å²) in [4.78, 5) is 13.6. The van der Waals surface area contributed by atoms with E-state index in [1.54, 1.807) is 6.33 Å². The number of nitrogens with zero attached hydrogens (tertiary/aromatic N) is 5. The third kappa shape index (κ3) is 2.25. The molecule has 5 nitrogen and oxygen atoms in total. The molecule has 0 unspecified atom stereocenters. The number of aromatic nitrogens is 5. The van der Waals surface area contributed by atoms with Crippen LogP contribution in [0.4, 0.5) is 0 Å². The molecule has 32 heavy (non-hydrogen) atoms. The minimum Gasteiger partial charge on any atom is -0.305 e. The molecule has 4 aromatic heterocycles. The SMILES string of the molecule is c1ccc(-n2c3ccccc3c3c2ncc2c4ccccc4n(-c4cncnc4)c23)cc1. The van der Waals surface area contributed by atoms with E-state index in [1.165, 1.54) is 5.39 Å². The molecule has 7 aromatic rings. The van der Waals surface area contributed by atoms with Crippen LogP contribution < -0.4 is 0 Å². The number of hydrogen-bond donors (Lipinski definition) is 0. The van der Waals surface area contributed by atoms with Crippen molar-refractivity contribution in [2.75, 3.05) is 0 Å². The predicted molar refractivity (Wildman–Crippen MR) is 129 cm³/mol. The molecule has 0 aliphatic rings. The van der Waals surface area contributed by atoms with Gasteiger partial charge in [-0.2, -0.15) is 0 Å². The first-order chi connectivity index (χ1) is 15.9. The van der Waals surface area contributed by atoms with Crippen molar-refractivity contribution >= 4 is 43.7 Å². The highest BCUT2D eigenvalue weighted by Gasteiger charge is 2.21. The molecule has 0 radical (unpaired) electrons. The van der Waals surface area contributed by atoms with Gasteiger partial charge in [-0.15, -0.1) is 0 Å². The number of pyridine rings is 1. The Morgan fingerprint density at radius 3 is 1.97 bits per heavy atom. The van der Waals surface area contributed by atoms with E-state index in [4.69, 9.17) is 4.98 Å². The molecule has 7 rings (SSSR count). The average molecular weight is 411 g/mol. The highest BCUT2D eigenvalue weighted by molar-refractivity contribution is 6.24. The van der Waals surface area contributed by atoms with E-state index in [0.717, 1.165) is 49.7 Å². The van der Waals surface area contributed by atoms with Crippen LogP contribution in [0.25, 0.3) is 55.1 Å². The average Bonchev–Trinajstić information content (AvgIpc) is 3.38. The maximum absolute atomic E-state index is 5.00. The van der Waals surface area contributed by atoms with Crippen molar-refractivity contribution in [1.82, 2.24) is 24.1 Å². The summed E-state index contributed by atoms with van der Waals surface area (Å²) in [5, 5.41) is 4.58. The molecular formula is C27H17N5. The van der Waals surface area contributed by atoms with Crippen molar-refractivity contribution in [2.45, 2.75) is 0 Å². The Labute approximate surface area is 183 Å². The molecule has 0 atom stereocenters. The lowest BCUT2D eigenvalue weighted by Crippen LogP contribution is -1.97.